The average molecular weight is 298 g/mol. The molecule has 2 aromatic rings. The number of hydrogen-bond acceptors (Lipinski definition) is 2. The van der Waals surface area contributed by atoms with E-state index in [4.69, 9.17) is 0 Å². The van der Waals surface area contributed by atoms with Crippen molar-refractivity contribution in [3.8, 4) is 0 Å². The summed E-state index contributed by atoms with van der Waals surface area (Å²) in [6, 6.07) is 16.9. The molecule has 1 unspecified atom stereocenters. The van der Waals surface area contributed by atoms with Gasteiger partial charge in [-0.1, -0.05) is 48.9 Å². The lowest BCUT2D eigenvalue weighted by Crippen LogP contribution is -2.10. The van der Waals surface area contributed by atoms with Gasteiger partial charge in [-0.05, 0) is 48.4 Å². The smallest absolute Gasteiger partial charge is 0.0884 e. The third-order valence-electron chi connectivity index (χ3n) is 4.36. The fourth-order valence-corrected chi connectivity index (χ4v) is 3.75. The van der Waals surface area contributed by atoms with Crippen LogP contribution in [0.15, 0.2) is 53.4 Å². The van der Waals surface area contributed by atoms with Gasteiger partial charge in [0.05, 0.1) is 6.10 Å². The van der Waals surface area contributed by atoms with Gasteiger partial charge < -0.3 is 5.11 Å². The lowest BCUT2D eigenvalue weighted by atomic mass is 9.79. The van der Waals surface area contributed by atoms with Gasteiger partial charge in [0, 0.05) is 10.6 Å². The van der Waals surface area contributed by atoms with E-state index in [1.165, 1.54) is 35.3 Å². The van der Waals surface area contributed by atoms with Crippen molar-refractivity contribution in [2.45, 2.75) is 43.1 Å². The maximum absolute atomic E-state index is 10.4. The van der Waals surface area contributed by atoms with E-state index < -0.39 is 6.10 Å². The highest BCUT2D eigenvalue weighted by Crippen LogP contribution is 2.37. The van der Waals surface area contributed by atoms with Gasteiger partial charge in [-0.3, -0.25) is 0 Å². The molecule has 3 rings (SSSR count). The number of benzene rings is 2. The van der Waals surface area contributed by atoms with Crippen LogP contribution in [0.3, 0.4) is 0 Å². The third-order valence-corrected chi connectivity index (χ3v) is 5.61. The summed E-state index contributed by atoms with van der Waals surface area (Å²) in [6.45, 7) is 2.12. The molecule has 0 spiro atoms. The van der Waals surface area contributed by atoms with E-state index >= 15 is 0 Å². The number of aliphatic hydroxyl groups is 1. The highest BCUT2D eigenvalue weighted by atomic mass is 32.2. The summed E-state index contributed by atoms with van der Waals surface area (Å²) in [5.41, 5.74) is 3.73. The second-order valence-corrected chi connectivity index (χ2v) is 6.95. The molecule has 21 heavy (non-hydrogen) atoms. The summed E-state index contributed by atoms with van der Waals surface area (Å²) in [7, 11) is 0. The molecule has 0 aliphatic heterocycles. The van der Waals surface area contributed by atoms with Gasteiger partial charge in [-0.2, -0.15) is 0 Å². The lowest BCUT2D eigenvalue weighted by Gasteiger charge is -2.26. The molecule has 0 heterocycles. The van der Waals surface area contributed by atoms with Gasteiger partial charge in [0.25, 0.3) is 0 Å². The minimum absolute atomic E-state index is 0.394. The zero-order chi connectivity index (χ0) is 14.7. The van der Waals surface area contributed by atoms with Crippen LogP contribution in [0, 0.1) is 6.92 Å². The first kappa shape index (κ1) is 14.7. The van der Waals surface area contributed by atoms with Crippen LogP contribution >= 0.6 is 11.8 Å². The van der Waals surface area contributed by atoms with Crippen LogP contribution in [0.1, 0.15) is 48.0 Å². The Morgan fingerprint density at radius 2 is 1.95 bits per heavy atom. The molecule has 1 saturated carbocycles. The zero-order valence-electron chi connectivity index (χ0n) is 12.5. The van der Waals surface area contributed by atoms with Gasteiger partial charge in [-0.15, -0.1) is 11.8 Å². The van der Waals surface area contributed by atoms with Crippen LogP contribution in [0.4, 0.5) is 0 Å². The van der Waals surface area contributed by atoms with E-state index in [-0.39, 0.29) is 0 Å². The van der Waals surface area contributed by atoms with Crippen molar-refractivity contribution in [1.29, 1.82) is 0 Å². The van der Waals surface area contributed by atoms with E-state index in [1.54, 1.807) is 11.8 Å². The van der Waals surface area contributed by atoms with Gasteiger partial charge in [0.2, 0.25) is 0 Å². The maximum atomic E-state index is 10.4. The van der Waals surface area contributed by atoms with Crippen molar-refractivity contribution < 1.29 is 5.11 Å². The van der Waals surface area contributed by atoms with Gasteiger partial charge in [-0.25, -0.2) is 0 Å². The number of aryl methyl sites for hydroxylation is 1. The molecule has 0 bridgehead atoms. The molecule has 0 radical (unpaired) electrons. The van der Waals surface area contributed by atoms with Gasteiger partial charge in [0.1, 0.15) is 0 Å². The normalized spacial score (nSPS) is 16.5. The highest BCUT2D eigenvalue weighted by Gasteiger charge is 2.20. The molecule has 1 aliphatic rings. The first-order valence-electron chi connectivity index (χ1n) is 7.70. The number of thioether (sulfide) groups is 1. The summed E-state index contributed by atoms with van der Waals surface area (Å²) < 4.78 is 0. The van der Waals surface area contributed by atoms with Crippen LogP contribution < -0.4 is 0 Å². The topological polar surface area (TPSA) is 20.2 Å². The van der Waals surface area contributed by atoms with Gasteiger partial charge in [0.15, 0.2) is 0 Å². The first-order chi connectivity index (χ1) is 10.2. The molecule has 1 N–H and O–H groups in total. The molecular weight excluding hydrogens is 276 g/mol. The minimum atomic E-state index is -0.394. The molecular formula is C19H22OS. The summed E-state index contributed by atoms with van der Waals surface area (Å²) in [5.74, 6) is 1.43. The summed E-state index contributed by atoms with van der Waals surface area (Å²) in [5, 5.41) is 10.4. The molecule has 110 valence electrons. The van der Waals surface area contributed by atoms with E-state index in [2.05, 4.69) is 49.4 Å². The van der Waals surface area contributed by atoms with Crippen LogP contribution in [0.2, 0.25) is 0 Å². The molecule has 2 aromatic carbocycles. The fourth-order valence-electron chi connectivity index (χ4n) is 2.75. The monoisotopic (exact) mass is 298 g/mol. The van der Waals surface area contributed by atoms with Crippen molar-refractivity contribution in [2.75, 3.05) is 5.75 Å². The third kappa shape index (κ3) is 3.50. The first-order valence-corrected chi connectivity index (χ1v) is 8.69. The van der Waals surface area contributed by atoms with Crippen molar-refractivity contribution >= 4 is 11.8 Å². The fraction of sp³-hybridized carbons (Fsp3) is 0.368. The van der Waals surface area contributed by atoms with Crippen molar-refractivity contribution in [2.24, 2.45) is 0 Å². The Balaban J connectivity index is 1.65. The zero-order valence-corrected chi connectivity index (χ0v) is 13.3. The van der Waals surface area contributed by atoms with Crippen molar-refractivity contribution in [3.63, 3.8) is 0 Å². The summed E-state index contributed by atoms with van der Waals surface area (Å²) in [6.07, 6.45) is 3.56. The minimum Gasteiger partial charge on any atom is -0.388 e. The van der Waals surface area contributed by atoms with Crippen LogP contribution in [0.25, 0.3) is 0 Å². The van der Waals surface area contributed by atoms with Crippen LogP contribution in [0.5, 0.6) is 0 Å². The summed E-state index contributed by atoms with van der Waals surface area (Å²) >= 11 is 1.73. The second-order valence-electron chi connectivity index (χ2n) is 5.89. The Morgan fingerprint density at radius 1 is 1.14 bits per heavy atom. The quantitative estimate of drug-likeness (QED) is 0.776. The molecule has 0 amide bonds. The van der Waals surface area contributed by atoms with Gasteiger partial charge >= 0.3 is 0 Å². The van der Waals surface area contributed by atoms with E-state index in [0.29, 0.717) is 5.75 Å². The van der Waals surface area contributed by atoms with Crippen LogP contribution in [-0.4, -0.2) is 10.9 Å². The molecule has 0 saturated heterocycles. The summed E-state index contributed by atoms with van der Waals surface area (Å²) in [4.78, 5) is 1.26. The molecule has 1 atom stereocenters. The van der Waals surface area contributed by atoms with Crippen LogP contribution in [-0.2, 0) is 0 Å². The predicted octanol–water partition coefficient (Wildman–Crippen LogP) is 5.09. The highest BCUT2D eigenvalue weighted by molar-refractivity contribution is 7.99. The van der Waals surface area contributed by atoms with E-state index in [1.807, 2.05) is 6.07 Å². The standard InChI is InChI=1S/C19H22OS/c1-14-6-2-3-11-19(14)21-13-18(20)17-10-5-9-16(12-17)15-7-4-8-15/h2-3,5-6,9-12,15,18,20H,4,7-8,13H2,1H3. The SMILES string of the molecule is Cc1ccccc1SCC(O)c1cccc(C2CCC2)c1. The lowest BCUT2D eigenvalue weighted by molar-refractivity contribution is 0.204. The Hall–Kier alpha value is -1.25. The Kier molecular flexibility index (Phi) is 4.67. The molecule has 0 aromatic heterocycles. The number of rotatable bonds is 5. The Bertz CT molecular complexity index is 604. The molecule has 2 heteroatoms. The van der Waals surface area contributed by atoms with E-state index in [0.717, 1.165) is 11.5 Å². The Labute approximate surface area is 131 Å². The van der Waals surface area contributed by atoms with Crippen molar-refractivity contribution in [1.82, 2.24) is 0 Å². The number of aliphatic hydroxyl groups excluding tert-OH is 1. The largest absolute Gasteiger partial charge is 0.388 e. The maximum Gasteiger partial charge on any atom is 0.0884 e. The van der Waals surface area contributed by atoms with Crippen molar-refractivity contribution in [3.05, 3.63) is 65.2 Å². The predicted molar refractivity (Wildman–Crippen MR) is 89.9 cm³/mol. The van der Waals surface area contributed by atoms with E-state index in [9.17, 15) is 5.11 Å². The molecule has 1 nitrogen and oxygen atoms in total. The Morgan fingerprint density at radius 3 is 2.67 bits per heavy atom. The number of hydrogen-bond donors (Lipinski definition) is 1. The second kappa shape index (κ2) is 6.67. The molecule has 1 fully saturated rings. The average Bonchev–Trinajstić information content (AvgIpc) is 2.45. The molecule has 1 aliphatic carbocycles.